The molecule has 2 atom stereocenters. The monoisotopic (exact) mass is 361 g/mol. The number of benzene rings is 2. The summed E-state index contributed by atoms with van der Waals surface area (Å²) in [6.45, 7) is 0. The first-order chi connectivity index (χ1) is 12.4. The summed E-state index contributed by atoms with van der Waals surface area (Å²) in [6, 6.07) is 10.5. The minimum atomic E-state index is -1.10. The number of carbonyl (C=O) groups excluding carboxylic acids is 1. The first kappa shape index (κ1) is 18.0. The summed E-state index contributed by atoms with van der Waals surface area (Å²) >= 11 is 0. The van der Waals surface area contributed by atoms with Crippen molar-refractivity contribution in [2.45, 2.75) is 31.1 Å². The molecule has 0 spiro atoms. The molecule has 5 nitrogen and oxygen atoms in total. The van der Waals surface area contributed by atoms with E-state index in [0.717, 1.165) is 0 Å². The van der Waals surface area contributed by atoms with Gasteiger partial charge in [-0.05, 0) is 48.2 Å². The molecule has 0 aliphatic carbocycles. The lowest BCUT2D eigenvalue weighted by Gasteiger charge is -2.22. The van der Waals surface area contributed by atoms with Crippen LogP contribution in [0.4, 0.5) is 8.78 Å². The Labute approximate surface area is 148 Å². The molecule has 2 aromatic rings. The first-order valence-corrected chi connectivity index (χ1v) is 8.13. The fourth-order valence-corrected chi connectivity index (χ4v) is 2.92. The van der Waals surface area contributed by atoms with Crippen molar-refractivity contribution < 1.29 is 28.2 Å². The van der Waals surface area contributed by atoms with Gasteiger partial charge in [-0.2, -0.15) is 0 Å². The smallest absolute Gasteiger partial charge is 0.332 e. The van der Waals surface area contributed by atoms with Crippen molar-refractivity contribution >= 4 is 11.9 Å². The quantitative estimate of drug-likeness (QED) is 0.859. The third-order valence-corrected chi connectivity index (χ3v) is 4.28. The second kappa shape index (κ2) is 7.61. The first-order valence-electron chi connectivity index (χ1n) is 8.13. The number of aliphatic carboxylic acids is 1. The average Bonchev–Trinajstić information content (AvgIpc) is 3.12. The molecule has 0 radical (unpaired) electrons. The highest BCUT2D eigenvalue weighted by Gasteiger charge is 2.35. The van der Waals surface area contributed by atoms with E-state index in [1.54, 1.807) is 0 Å². The minimum Gasteiger partial charge on any atom is -0.479 e. The Kier molecular flexibility index (Phi) is 5.27. The normalized spacial score (nSPS) is 19.5. The van der Waals surface area contributed by atoms with Gasteiger partial charge in [-0.25, -0.2) is 13.6 Å². The van der Waals surface area contributed by atoms with Crippen LogP contribution in [-0.4, -0.2) is 29.2 Å². The largest absolute Gasteiger partial charge is 0.479 e. The van der Waals surface area contributed by atoms with Crippen LogP contribution in [0.1, 0.15) is 30.0 Å². The number of amides is 1. The molecule has 2 N–H and O–H groups in total. The standard InChI is InChI=1S/C19H17F2NO4/c20-13-5-1-11(2-6-13)17(12-3-7-14(21)8-4-12)22-18(23)15-9-10-16(26-15)19(24)25/h1-8,15-17H,9-10H2,(H,22,23)(H,24,25)/t15-,16+/m0/s1. The number of carbonyl (C=O) groups is 2. The number of ether oxygens (including phenoxy) is 1. The predicted molar refractivity (Wildman–Crippen MR) is 88.3 cm³/mol. The molecule has 1 aliphatic rings. The van der Waals surface area contributed by atoms with Crippen molar-refractivity contribution in [2.75, 3.05) is 0 Å². The summed E-state index contributed by atoms with van der Waals surface area (Å²) < 4.78 is 31.7. The zero-order chi connectivity index (χ0) is 18.7. The van der Waals surface area contributed by atoms with Crippen LogP contribution in [0.15, 0.2) is 48.5 Å². The van der Waals surface area contributed by atoms with E-state index in [-0.39, 0.29) is 6.42 Å². The molecule has 1 heterocycles. The van der Waals surface area contributed by atoms with Crippen LogP contribution in [0.3, 0.4) is 0 Å². The van der Waals surface area contributed by atoms with Gasteiger partial charge in [0.2, 0.25) is 5.91 Å². The molecule has 0 bridgehead atoms. The second-order valence-electron chi connectivity index (χ2n) is 6.07. The molecule has 1 amide bonds. The van der Waals surface area contributed by atoms with Gasteiger partial charge in [-0.15, -0.1) is 0 Å². The number of carboxylic acid groups (broad SMARTS) is 1. The maximum absolute atomic E-state index is 13.2. The van der Waals surface area contributed by atoms with E-state index in [1.807, 2.05) is 0 Å². The van der Waals surface area contributed by atoms with E-state index in [2.05, 4.69) is 5.32 Å². The Bertz CT molecular complexity index is 747. The highest BCUT2D eigenvalue weighted by molar-refractivity contribution is 5.83. The van der Waals surface area contributed by atoms with Gasteiger partial charge in [0.15, 0.2) is 6.10 Å². The van der Waals surface area contributed by atoms with Gasteiger partial charge >= 0.3 is 5.97 Å². The van der Waals surface area contributed by atoms with Crippen molar-refractivity contribution in [1.29, 1.82) is 0 Å². The van der Waals surface area contributed by atoms with Gasteiger partial charge in [-0.1, -0.05) is 24.3 Å². The van der Waals surface area contributed by atoms with Crippen molar-refractivity contribution in [3.8, 4) is 0 Å². The fourth-order valence-electron chi connectivity index (χ4n) is 2.92. The van der Waals surface area contributed by atoms with Crippen LogP contribution in [0, 0.1) is 11.6 Å². The SMILES string of the molecule is O=C(NC(c1ccc(F)cc1)c1ccc(F)cc1)[C@@H]1CC[C@H](C(=O)O)O1. The lowest BCUT2D eigenvalue weighted by atomic mass is 9.98. The predicted octanol–water partition coefficient (Wildman–Crippen LogP) is 2.80. The molecule has 2 aromatic carbocycles. The molecule has 0 saturated carbocycles. The zero-order valence-corrected chi connectivity index (χ0v) is 13.7. The zero-order valence-electron chi connectivity index (χ0n) is 13.7. The van der Waals surface area contributed by atoms with E-state index in [1.165, 1.54) is 48.5 Å². The Morgan fingerprint density at radius 2 is 1.38 bits per heavy atom. The fraction of sp³-hybridized carbons (Fsp3) is 0.263. The van der Waals surface area contributed by atoms with Gasteiger partial charge in [0.25, 0.3) is 0 Å². The number of halogens is 2. The maximum Gasteiger partial charge on any atom is 0.332 e. The molecule has 26 heavy (non-hydrogen) atoms. The Morgan fingerprint density at radius 3 is 1.81 bits per heavy atom. The van der Waals surface area contributed by atoms with E-state index >= 15 is 0 Å². The second-order valence-corrected chi connectivity index (χ2v) is 6.07. The van der Waals surface area contributed by atoms with Gasteiger partial charge in [0.1, 0.15) is 17.7 Å². The average molecular weight is 361 g/mol. The number of rotatable bonds is 5. The lowest BCUT2D eigenvalue weighted by molar-refractivity contribution is -0.151. The Morgan fingerprint density at radius 1 is 0.923 bits per heavy atom. The Hall–Kier alpha value is -2.80. The number of carboxylic acids is 1. The molecule has 136 valence electrons. The van der Waals surface area contributed by atoms with Crippen molar-refractivity contribution in [2.24, 2.45) is 0 Å². The highest BCUT2D eigenvalue weighted by atomic mass is 19.1. The lowest BCUT2D eigenvalue weighted by Crippen LogP contribution is -2.38. The summed E-state index contributed by atoms with van der Waals surface area (Å²) in [5.74, 6) is -2.40. The molecule has 1 aliphatic heterocycles. The minimum absolute atomic E-state index is 0.255. The van der Waals surface area contributed by atoms with Crippen LogP contribution in [0.5, 0.6) is 0 Å². The summed E-state index contributed by atoms with van der Waals surface area (Å²) in [5, 5.41) is 11.8. The van der Waals surface area contributed by atoms with E-state index in [9.17, 15) is 18.4 Å². The van der Waals surface area contributed by atoms with E-state index in [0.29, 0.717) is 17.5 Å². The third kappa shape index (κ3) is 4.05. The van der Waals surface area contributed by atoms with Gasteiger partial charge < -0.3 is 15.2 Å². The summed E-state index contributed by atoms with van der Waals surface area (Å²) in [4.78, 5) is 23.5. The molecule has 1 fully saturated rings. The van der Waals surface area contributed by atoms with Crippen molar-refractivity contribution in [3.05, 3.63) is 71.3 Å². The summed E-state index contributed by atoms with van der Waals surface area (Å²) in [7, 11) is 0. The molecular weight excluding hydrogens is 344 g/mol. The maximum atomic E-state index is 13.2. The Balaban J connectivity index is 1.82. The van der Waals surface area contributed by atoms with Gasteiger partial charge in [0, 0.05) is 0 Å². The summed E-state index contributed by atoms with van der Waals surface area (Å²) in [6.07, 6.45) is -1.33. The van der Waals surface area contributed by atoms with Crippen LogP contribution in [0.2, 0.25) is 0 Å². The summed E-state index contributed by atoms with van der Waals surface area (Å²) in [5.41, 5.74) is 1.22. The third-order valence-electron chi connectivity index (χ3n) is 4.28. The molecular formula is C19H17F2NO4. The molecule has 7 heteroatoms. The van der Waals surface area contributed by atoms with Crippen LogP contribution >= 0.6 is 0 Å². The highest BCUT2D eigenvalue weighted by Crippen LogP contribution is 2.25. The van der Waals surface area contributed by atoms with Crippen LogP contribution in [-0.2, 0) is 14.3 Å². The topological polar surface area (TPSA) is 75.6 Å². The number of hydrogen-bond acceptors (Lipinski definition) is 3. The van der Waals surface area contributed by atoms with Crippen LogP contribution in [0.25, 0.3) is 0 Å². The number of hydrogen-bond donors (Lipinski definition) is 2. The van der Waals surface area contributed by atoms with Crippen LogP contribution < -0.4 is 5.32 Å². The van der Waals surface area contributed by atoms with Gasteiger partial charge in [-0.3, -0.25) is 4.79 Å². The van der Waals surface area contributed by atoms with E-state index < -0.39 is 41.8 Å². The molecule has 0 aromatic heterocycles. The number of nitrogens with one attached hydrogen (secondary N) is 1. The van der Waals surface area contributed by atoms with Crippen molar-refractivity contribution in [1.82, 2.24) is 5.32 Å². The van der Waals surface area contributed by atoms with Gasteiger partial charge in [0.05, 0.1) is 6.04 Å². The van der Waals surface area contributed by atoms with Crippen molar-refractivity contribution in [3.63, 3.8) is 0 Å². The molecule has 0 unspecified atom stereocenters. The van der Waals surface area contributed by atoms with E-state index in [4.69, 9.17) is 9.84 Å². The molecule has 3 rings (SSSR count). The molecule has 1 saturated heterocycles.